The van der Waals surface area contributed by atoms with Crippen LogP contribution in [0.3, 0.4) is 0 Å². The van der Waals surface area contributed by atoms with Crippen molar-refractivity contribution in [3.63, 3.8) is 0 Å². The molecule has 0 aliphatic rings. The summed E-state index contributed by atoms with van der Waals surface area (Å²) in [6.07, 6.45) is 95.4. The lowest BCUT2D eigenvalue weighted by atomic mass is 10.0. The molecular formula is C76H130O6. The first-order valence-electron chi connectivity index (χ1n) is 34.9. The first kappa shape index (κ1) is 78.1. The molecule has 0 saturated heterocycles. The number of carbonyl (C=O) groups excluding carboxylic acids is 3. The molecule has 6 heteroatoms. The third-order valence-corrected chi connectivity index (χ3v) is 15.0. The molecule has 0 aromatic carbocycles. The minimum absolute atomic E-state index is 0.103. The van der Waals surface area contributed by atoms with Crippen molar-refractivity contribution >= 4 is 17.9 Å². The summed E-state index contributed by atoms with van der Waals surface area (Å²) in [5.74, 6) is -0.960. The minimum Gasteiger partial charge on any atom is -0.462 e. The average molecular weight is 1140 g/mol. The number of hydrogen-bond acceptors (Lipinski definition) is 6. The van der Waals surface area contributed by atoms with Gasteiger partial charge in [-0.3, -0.25) is 14.4 Å². The fourth-order valence-electron chi connectivity index (χ4n) is 9.78. The van der Waals surface area contributed by atoms with E-state index >= 15 is 0 Å². The fraction of sp³-hybridized carbons (Fsp3) is 0.724. The average Bonchev–Trinajstić information content (AvgIpc) is 3.47. The van der Waals surface area contributed by atoms with E-state index in [0.717, 1.165) is 103 Å². The smallest absolute Gasteiger partial charge is 0.306 e. The molecule has 0 radical (unpaired) electrons. The van der Waals surface area contributed by atoms with Crippen LogP contribution in [0.1, 0.15) is 335 Å². The maximum absolute atomic E-state index is 12.9. The highest BCUT2D eigenvalue weighted by molar-refractivity contribution is 5.71. The lowest BCUT2D eigenvalue weighted by Crippen LogP contribution is -2.30. The zero-order valence-corrected chi connectivity index (χ0v) is 54.0. The van der Waals surface area contributed by atoms with Gasteiger partial charge in [-0.2, -0.15) is 0 Å². The summed E-state index contributed by atoms with van der Waals surface area (Å²) in [6.45, 7) is 6.51. The van der Waals surface area contributed by atoms with E-state index in [1.807, 2.05) is 0 Å². The lowest BCUT2D eigenvalue weighted by Gasteiger charge is -2.18. The summed E-state index contributed by atoms with van der Waals surface area (Å²) < 4.78 is 16.9. The van der Waals surface area contributed by atoms with Crippen LogP contribution in [0, 0.1) is 0 Å². The molecule has 1 atom stereocenters. The van der Waals surface area contributed by atoms with Gasteiger partial charge in [-0.15, -0.1) is 0 Å². The largest absolute Gasteiger partial charge is 0.462 e. The molecular weight excluding hydrogens is 1010 g/mol. The molecule has 0 spiro atoms. The molecule has 0 bridgehead atoms. The van der Waals surface area contributed by atoms with Gasteiger partial charge < -0.3 is 14.2 Å². The number of unbranched alkanes of at least 4 members (excludes halogenated alkanes) is 34. The predicted molar refractivity (Wildman–Crippen MR) is 357 cm³/mol. The molecule has 1 unspecified atom stereocenters. The molecule has 0 N–H and O–H groups in total. The van der Waals surface area contributed by atoms with Gasteiger partial charge in [-0.25, -0.2) is 0 Å². The molecule has 0 heterocycles. The van der Waals surface area contributed by atoms with Crippen LogP contribution in [0.5, 0.6) is 0 Å². The van der Waals surface area contributed by atoms with Gasteiger partial charge in [0.15, 0.2) is 6.10 Å². The van der Waals surface area contributed by atoms with Crippen LogP contribution in [0.25, 0.3) is 0 Å². The number of rotatable bonds is 63. The van der Waals surface area contributed by atoms with Crippen molar-refractivity contribution in [2.24, 2.45) is 0 Å². The molecule has 470 valence electrons. The van der Waals surface area contributed by atoms with Crippen molar-refractivity contribution < 1.29 is 28.6 Å². The van der Waals surface area contributed by atoms with Crippen molar-refractivity contribution in [3.05, 3.63) is 109 Å². The molecule has 0 fully saturated rings. The van der Waals surface area contributed by atoms with E-state index < -0.39 is 6.10 Å². The van der Waals surface area contributed by atoms with Gasteiger partial charge in [0.2, 0.25) is 0 Å². The lowest BCUT2D eigenvalue weighted by molar-refractivity contribution is -0.167. The predicted octanol–water partition coefficient (Wildman–Crippen LogP) is 24.2. The van der Waals surface area contributed by atoms with Crippen LogP contribution < -0.4 is 0 Å². The normalized spacial score (nSPS) is 12.8. The Hall–Kier alpha value is -3.93. The summed E-state index contributed by atoms with van der Waals surface area (Å²) in [6, 6.07) is 0. The number of carbonyl (C=O) groups is 3. The molecule has 0 aromatic rings. The SMILES string of the molecule is CC/C=C\C/C=C\C/C=C\C/C=C\C/C=C\C/C=C\C/C=C\CCCC(=O)OC(COC(=O)CCCCCCC/C=C\CCCCCCCCC)COC(=O)CCCCCCCCCCCCCCC/C=C\CCCCCCCCCC. The maximum atomic E-state index is 12.9. The molecule has 0 rings (SSSR count). The van der Waals surface area contributed by atoms with E-state index in [4.69, 9.17) is 14.2 Å². The molecule has 0 aromatic heterocycles. The van der Waals surface area contributed by atoms with Crippen molar-refractivity contribution in [2.75, 3.05) is 13.2 Å². The highest BCUT2D eigenvalue weighted by Gasteiger charge is 2.19. The molecule has 6 nitrogen and oxygen atoms in total. The minimum atomic E-state index is -0.815. The Morgan fingerprint density at radius 3 is 0.793 bits per heavy atom. The highest BCUT2D eigenvalue weighted by atomic mass is 16.6. The van der Waals surface area contributed by atoms with Gasteiger partial charge in [-0.05, 0) is 122 Å². The molecule has 0 saturated carbocycles. The third kappa shape index (κ3) is 66.9. The van der Waals surface area contributed by atoms with Crippen molar-refractivity contribution in [2.45, 2.75) is 341 Å². The van der Waals surface area contributed by atoms with Gasteiger partial charge in [0.1, 0.15) is 13.2 Å². The molecule has 0 aliphatic heterocycles. The summed E-state index contributed by atoms with van der Waals surface area (Å²) >= 11 is 0. The van der Waals surface area contributed by atoms with Crippen LogP contribution in [0.4, 0.5) is 0 Å². The first-order valence-corrected chi connectivity index (χ1v) is 34.9. The van der Waals surface area contributed by atoms with Gasteiger partial charge in [0, 0.05) is 19.3 Å². The summed E-state index contributed by atoms with van der Waals surface area (Å²) in [7, 11) is 0. The number of ether oxygens (including phenoxy) is 3. The van der Waals surface area contributed by atoms with E-state index in [1.54, 1.807) is 0 Å². The van der Waals surface area contributed by atoms with E-state index in [2.05, 4.69) is 130 Å². The van der Waals surface area contributed by atoms with Crippen molar-refractivity contribution in [3.8, 4) is 0 Å². The Morgan fingerprint density at radius 2 is 0.488 bits per heavy atom. The second-order valence-corrected chi connectivity index (χ2v) is 23.1. The Labute approximate surface area is 508 Å². The van der Waals surface area contributed by atoms with Gasteiger partial charge in [0.05, 0.1) is 0 Å². The van der Waals surface area contributed by atoms with Crippen LogP contribution in [-0.4, -0.2) is 37.2 Å². The van der Waals surface area contributed by atoms with Crippen LogP contribution >= 0.6 is 0 Å². The topological polar surface area (TPSA) is 78.9 Å². The van der Waals surface area contributed by atoms with Crippen LogP contribution in [0.15, 0.2) is 109 Å². The van der Waals surface area contributed by atoms with Gasteiger partial charge in [-0.1, -0.05) is 304 Å². The molecule has 82 heavy (non-hydrogen) atoms. The Morgan fingerprint density at radius 1 is 0.256 bits per heavy atom. The summed E-state index contributed by atoms with van der Waals surface area (Å²) in [4.78, 5) is 38.4. The number of allylic oxidation sites excluding steroid dienone is 18. The van der Waals surface area contributed by atoms with E-state index in [9.17, 15) is 14.4 Å². The standard InChI is InChI=1S/C76H130O6/c1-4-7-10-13-16-19-22-25-28-31-33-35-37-38-40-41-43-45-48-51-54-57-60-63-66-69-75(78)81-72-73(71-80-74(77)68-65-62-59-56-53-50-47-30-27-24-21-18-15-12-9-6-3)82-76(79)70-67-64-61-58-55-52-49-46-44-42-39-36-34-32-29-26-23-20-17-14-11-8-5-2/h8,11,17,20,26,29-31,33-34,36,42,44,47,49,52,58,61,73H,4-7,9-10,12-16,18-19,21-25,27-28,32,35,37-41,43,45-46,48,50-51,53-57,59-60,62-72H2,1-3H3/b11-8-,20-17-,29-26-,33-31-,36-34-,44-42-,47-30-,52-49-,61-58-. The van der Waals surface area contributed by atoms with Crippen LogP contribution in [0.2, 0.25) is 0 Å². The number of hydrogen-bond donors (Lipinski definition) is 0. The van der Waals surface area contributed by atoms with Crippen LogP contribution in [-0.2, 0) is 28.6 Å². The Kier molecular flexibility index (Phi) is 66.2. The maximum Gasteiger partial charge on any atom is 0.306 e. The number of esters is 3. The van der Waals surface area contributed by atoms with E-state index in [0.29, 0.717) is 19.3 Å². The molecule has 0 amide bonds. The summed E-state index contributed by atoms with van der Waals surface area (Å²) in [5, 5.41) is 0. The van der Waals surface area contributed by atoms with E-state index in [-0.39, 0.29) is 37.5 Å². The first-order chi connectivity index (χ1) is 40.5. The van der Waals surface area contributed by atoms with E-state index in [1.165, 1.54) is 186 Å². The third-order valence-electron chi connectivity index (χ3n) is 15.0. The van der Waals surface area contributed by atoms with Crippen molar-refractivity contribution in [1.82, 2.24) is 0 Å². The zero-order chi connectivity index (χ0) is 59.2. The molecule has 0 aliphatic carbocycles. The second kappa shape index (κ2) is 69.6. The Balaban J connectivity index is 4.43. The second-order valence-electron chi connectivity index (χ2n) is 23.1. The summed E-state index contributed by atoms with van der Waals surface area (Å²) in [5.41, 5.74) is 0. The van der Waals surface area contributed by atoms with Crippen molar-refractivity contribution in [1.29, 1.82) is 0 Å². The monoisotopic (exact) mass is 1140 g/mol. The van der Waals surface area contributed by atoms with Gasteiger partial charge >= 0.3 is 17.9 Å². The highest BCUT2D eigenvalue weighted by Crippen LogP contribution is 2.16. The fourth-order valence-corrected chi connectivity index (χ4v) is 9.78. The van der Waals surface area contributed by atoms with Gasteiger partial charge in [0.25, 0.3) is 0 Å². The Bertz CT molecular complexity index is 1640. The zero-order valence-electron chi connectivity index (χ0n) is 54.0. The quantitative estimate of drug-likeness (QED) is 0.0261.